The molecule has 0 aliphatic carbocycles. The molecule has 0 radical (unpaired) electrons. The van der Waals surface area contributed by atoms with E-state index >= 15 is 0 Å². The monoisotopic (exact) mass is 364 g/mol. The standard InChI is InChI=1S/C17H20N2O5S/c1-22-13-4-3-12(14(10-13)23-2)9-15-16(20)19(17(21)25-15)11-18-5-7-24-8-6-18/h3-4,9-10H,5-8,11H2,1-2H3/b15-9-. The van der Waals surface area contributed by atoms with Crippen LogP contribution in [0.15, 0.2) is 23.1 Å². The molecule has 2 aliphatic heterocycles. The number of nitrogens with zero attached hydrogens (tertiary/aromatic N) is 2. The van der Waals surface area contributed by atoms with Crippen LogP contribution in [0.1, 0.15) is 5.56 Å². The van der Waals surface area contributed by atoms with E-state index in [0.29, 0.717) is 49.4 Å². The van der Waals surface area contributed by atoms with Crippen LogP contribution >= 0.6 is 11.8 Å². The van der Waals surface area contributed by atoms with Crippen molar-refractivity contribution in [3.05, 3.63) is 28.7 Å². The largest absolute Gasteiger partial charge is 0.497 e. The molecule has 1 aromatic rings. The minimum atomic E-state index is -0.278. The third-order valence-corrected chi connectivity index (χ3v) is 4.95. The molecule has 134 valence electrons. The van der Waals surface area contributed by atoms with Crippen LogP contribution in [0.25, 0.3) is 6.08 Å². The Morgan fingerprint density at radius 1 is 1.20 bits per heavy atom. The van der Waals surface area contributed by atoms with Gasteiger partial charge in [0.25, 0.3) is 11.1 Å². The molecular formula is C17H20N2O5S. The van der Waals surface area contributed by atoms with Gasteiger partial charge in [0.05, 0.1) is 39.0 Å². The third-order valence-electron chi connectivity index (χ3n) is 4.05. The van der Waals surface area contributed by atoms with Gasteiger partial charge in [0, 0.05) is 24.7 Å². The highest BCUT2D eigenvalue weighted by atomic mass is 32.2. The Kier molecular flexibility index (Phi) is 5.62. The molecule has 0 N–H and O–H groups in total. The molecule has 0 bridgehead atoms. The Morgan fingerprint density at radius 3 is 2.64 bits per heavy atom. The number of carbonyl (C=O) groups excluding carboxylic acids is 2. The number of methoxy groups -OCH3 is 2. The zero-order valence-electron chi connectivity index (χ0n) is 14.2. The SMILES string of the molecule is COc1ccc(/C=C2\SC(=O)N(CN3CCOCC3)C2=O)c(OC)c1. The molecule has 7 nitrogen and oxygen atoms in total. The maximum Gasteiger partial charge on any atom is 0.294 e. The lowest BCUT2D eigenvalue weighted by Gasteiger charge is -2.29. The first-order valence-electron chi connectivity index (χ1n) is 7.90. The van der Waals surface area contributed by atoms with Crippen molar-refractivity contribution in [2.45, 2.75) is 0 Å². The summed E-state index contributed by atoms with van der Waals surface area (Å²) in [5.74, 6) is 0.966. The maximum absolute atomic E-state index is 12.6. The lowest BCUT2D eigenvalue weighted by atomic mass is 10.1. The van der Waals surface area contributed by atoms with Crippen LogP contribution in [0.2, 0.25) is 0 Å². The van der Waals surface area contributed by atoms with Gasteiger partial charge in [0.2, 0.25) is 0 Å². The van der Waals surface area contributed by atoms with E-state index in [4.69, 9.17) is 14.2 Å². The highest BCUT2D eigenvalue weighted by molar-refractivity contribution is 8.18. The van der Waals surface area contributed by atoms with Gasteiger partial charge in [-0.3, -0.25) is 19.4 Å². The van der Waals surface area contributed by atoms with Crippen molar-refractivity contribution in [2.24, 2.45) is 0 Å². The first-order chi connectivity index (χ1) is 12.1. The van der Waals surface area contributed by atoms with Gasteiger partial charge in [-0.15, -0.1) is 0 Å². The Hall–Kier alpha value is -2.03. The van der Waals surface area contributed by atoms with Crippen molar-refractivity contribution in [2.75, 3.05) is 47.2 Å². The molecule has 0 spiro atoms. The summed E-state index contributed by atoms with van der Waals surface area (Å²) in [6.45, 7) is 2.97. The number of amides is 2. The van der Waals surface area contributed by atoms with E-state index in [1.54, 1.807) is 38.5 Å². The Bertz CT molecular complexity index is 700. The molecule has 8 heteroatoms. The number of thioether (sulfide) groups is 1. The number of carbonyl (C=O) groups is 2. The molecule has 2 saturated heterocycles. The van der Waals surface area contributed by atoms with Crippen LogP contribution < -0.4 is 9.47 Å². The highest BCUT2D eigenvalue weighted by Crippen LogP contribution is 2.35. The average Bonchev–Trinajstić information content (AvgIpc) is 2.90. The first kappa shape index (κ1) is 17.8. The van der Waals surface area contributed by atoms with Gasteiger partial charge in [0.1, 0.15) is 11.5 Å². The van der Waals surface area contributed by atoms with Gasteiger partial charge in [-0.2, -0.15) is 0 Å². The van der Waals surface area contributed by atoms with Crippen molar-refractivity contribution < 1.29 is 23.8 Å². The predicted molar refractivity (Wildman–Crippen MR) is 94.6 cm³/mol. The fourth-order valence-electron chi connectivity index (χ4n) is 2.64. The molecule has 0 aromatic heterocycles. The van der Waals surface area contributed by atoms with Crippen molar-refractivity contribution in [1.82, 2.24) is 9.80 Å². The second-order valence-electron chi connectivity index (χ2n) is 5.59. The fourth-order valence-corrected chi connectivity index (χ4v) is 3.47. The summed E-state index contributed by atoms with van der Waals surface area (Å²) in [6.07, 6.45) is 1.68. The Balaban J connectivity index is 1.78. The molecule has 2 amide bonds. The number of rotatable bonds is 5. The quantitative estimate of drug-likeness (QED) is 0.741. The molecule has 0 unspecified atom stereocenters. The lowest BCUT2D eigenvalue weighted by molar-refractivity contribution is -0.125. The normalized spacial score (nSPS) is 20.4. The first-order valence-corrected chi connectivity index (χ1v) is 8.71. The molecule has 0 saturated carbocycles. The minimum Gasteiger partial charge on any atom is -0.497 e. The number of benzene rings is 1. The molecule has 0 atom stereocenters. The van der Waals surface area contributed by atoms with Gasteiger partial charge in [0.15, 0.2) is 0 Å². The van der Waals surface area contributed by atoms with E-state index in [-0.39, 0.29) is 11.1 Å². The van der Waals surface area contributed by atoms with Crippen LogP contribution in [0.5, 0.6) is 11.5 Å². The molecule has 2 aliphatic rings. The van der Waals surface area contributed by atoms with Crippen LogP contribution in [0, 0.1) is 0 Å². The molecule has 3 rings (SSSR count). The topological polar surface area (TPSA) is 68.3 Å². The van der Waals surface area contributed by atoms with Crippen LogP contribution in [-0.2, 0) is 9.53 Å². The predicted octanol–water partition coefficient (Wildman–Crippen LogP) is 2.03. The molecule has 2 fully saturated rings. The number of hydrogen-bond donors (Lipinski definition) is 0. The van der Waals surface area contributed by atoms with Crippen LogP contribution in [-0.4, -0.2) is 68.1 Å². The second-order valence-corrected chi connectivity index (χ2v) is 6.58. The fraction of sp³-hybridized carbons (Fsp3) is 0.412. The van der Waals surface area contributed by atoms with E-state index in [9.17, 15) is 9.59 Å². The number of ether oxygens (including phenoxy) is 3. The van der Waals surface area contributed by atoms with E-state index in [1.165, 1.54) is 4.90 Å². The van der Waals surface area contributed by atoms with Gasteiger partial charge >= 0.3 is 0 Å². The van der Waals surface area contributed by atoms with Gasteiger partial charge in [-0.1, -0.05) is 0 Å². The maximum atomic E-state index is 12.6. The summed E-state index contributed by atoms with van der Waals surface area (Å²) in [5, 5.41) is -0.254. The average molecular weight is 364 g/mol. The number of imide groups is 1. The zero-order valence-corrected chi connectivity index (χ0v) is 15.0. The van der Waals surface area contributed by atoms with Crippen molar-refractivity contribution in [3.63, 3.8) is 0 Å². The molecular weight excluding hydrogens is 344 g/mol. The van der Waals surface area contributed by atoms with Gasteiger partial charge < -0.3 is 14.2 Å². The smallest absolute Gasteiger partial charge is 0.294 e. The van der Waals surface area contributed by atoms with Gasteiger partial charge in [-0.05, 0) is 30.0 Å². The van der Waals surface area contributed by atoms with Crippen molar-refractivity contribution in [1.29, 1.82) is 0 Å². The summed E-state index contributed by atoms with van der Waals surface area (Å²) in [4.78, 5) is 28.5. The number of hydrogen-bond acceptors (Lipinski definition) is 7. The highest BCUT2D eigenvalue weighted by Gasteiger charge is 2.36. The summed E-state index contributed by atoms with van der Waals surface area (Å²) in [6, 6.07) is 5.32. The van der Waals surface area contributed by atoms with E-state index < -0.39 is 0 Å². The van der Waals surface area contributed by atoms with Crippen LogP contribution in [0.4, 0.5) is 4.79 Å². The van der Waals surface area contributed by atoms with Crippen molar-refractivity contribution in [3.8, 4) is 11.5 Å². The third kappa shape index (κ3) is 3.97. The van der Waals surface area contributed by atoms with Crippen LogP contribution in [0.3, 0.4) is 0 Å². The summed E-state index contributed by atoms with van der Waals surface area (Å²) in [7, 11) is 3.13. The van der Waals surface area contributed by atoms with E-state index in [0.717, 1.165) is 17.3 Å². The second kappa shape index (κ2) is 7.90. The number of morpholine rings is 1. The lowest BCUT2D eigenvalue weighted by Crippen LogP contribution is -2.45. The summed E-state index contributed by atoms with van der Waals surface area (Å²) >= 11 is 0.948. The van der Waals surface area contributed by atoms with Gasteiger partial charge in [-0.25, -0.2) is 0 Å². The van der Waals surface area contributed by atoms with Crippen molar-refractivity contribution >= 4 is 29.0 Å². The summed E-state index contributed by atoms with van der Waals surface area (Å²) in [5.41, 5.74) is 0.722. The van der Waals surface area contributed by atoms with E-state index in [1.807, 2.05) is 4.90 Å². The zero-order chi connectivity index (χ0) is 17.8. The summed E-state index contributed by atoms with van der Waals surface area (Å²) < 4.78 is 15.8. The Morgan fingerprint density at radius 2 is 1.96 bits per heavy atom. The minimum absolute atomic E-state index is 0.254. The molecule has 2 heterocycles. The molecule has 25 heavy (non-hydrogen) atoms. The Labute approximate surface area is 150 Å². The van der Waals surface area contributed by atoms with E-state index in [2.05, 4.69) is 0 Å². The molecule has 1 aromatic carbocycles.